The fourth-order valence-corrected chi connectivity index (χ4v) is 2.08. The van der Waals surface area contributed by atoms with Crippen LogP contribution < -0.4 is 10.4 Å². The molecule has 6 heteroatoms. The van der Waals surface area contributed by atoms with Crippen LogP contribution in [-0.2, 0) is 9.53 Å². The Hall–Kier alpha value is -2.27. The standard InChI is InChI=1S/C16H15ClO5/c1-3-20-14-8-11-7-10(5-6-15(18)21-4-2)16(19)22-13(11)9-12(14)17/h5-9H,3-4H2,1-2H3/b6-5+. The van der Waals surface area contributed by atoms with E-state index in [0.717, 1.165) is 0 Å². The van der Waals surface area contributed by atoms with Gasteiger partial charge in [0.05, 0.1) is 23.8 Å². The second-order valence-electron chi connectivity index (χ2n) is 4.33. The van der Waals surface area contributed by atoms with E-state index in [1.54, 1.807) is 19.1 Å². The number of rotatable bonds is 5. The summed E-state index contributed by atoms with van der Waals surface area (Å²) in [6.07, 6.45) is 2.54. The van der Waals surface area contributed by atoms with Crippen LogP contribution in [0.1, 0.15) is 19.4 Å². The number of carbonyl (C=O) groups excluding carboxylic acids is 1. The molecule has 0 atom stereocenters. The summed E-state index contributed by atoms with van der Waals surface area (Å²) in [5.41, 5.74) is 0.0327. The number of esters is 1. The molecule has 0 unspecified atom stereocenters. The maximum Gasteiger partial charge on any atom is 0.343 e. The maximum atomic E-state index is 11.9. The molecule has 0 aliphatic heterocycles. The number of halogens is 1. The van der Waals surface area contributed by atoms with Gasteiger partial charge in [-0.1, -0.05) is 11.6 Å². The molecule has 5 nitrogen and oxygen atoms in total. The van der Waals surface area contributed by atoms with Gasteiger partial charge < -0.3 is 13.9 Å². The van der Waals surface area contributed by atoms with Gasteiger partial charge >= 0.3 is 11.6 Å². The highest BCUT2D eigenvalue weighted by Gasteiger charge is 2.09. The van der Waals surface area contributed by atoms with E-state index >= 15 is 0 Å². The predicted octanol–water partition coefficient (Wildman–Crippen LogP) is 3.42. The summed E-state index contributed by atoms with van der Waals surface area (Å²) in [7, 11) is 0. The maximum absolute atomic E-state index is 11.9. The van der Waals surface area contributed by atoms with E-state index in [1.165, 1.54) is 18.2 Å². The number of hydrogen-bond donors (Lipinski definition) is 0. The zero-order valence-electron chi connectivity index (χ0n) is 12.2. The smallest absolute Gasteiger partial charge is 0.343 e. The molecule has 0 N–H and O–H groups in total. The second-order valence-corrected chi connectivity index (χ2v) is 4.74. The van der Waals surface area contributed by atoms with Crippen LogP contribution in [0, 0.1) is 0 Å². The average molecular weight is 323 g/mol. The van der Waals surface area contributed by atoms with Gasteiger partial charge in [0.2, 0.25) is 0 Å². The highest BCUT2D eigenvalue weighted by atomic mass is 35.5. The summed E-state index contributed by atoms with van der Waals surface area (Å²) in [6, 6.07) is 4.82. The lowest BCUT2D eigenvalue weighted by Crippen LogP contribution is -2.04. The molecule has 0 spiro atoms. The minimum atomic E-state index is -0.562. The molecule has 2 aromatic rings. The third-order valence-electron chi connectivity index (χ3n) is 2.80. The predicted molar refractivity (Wildman–Crippen MR) is 84.3 cm³/mol. The average Bonchev–Trinajstić information content (AvgIpc) is 2.47. The number of fused-ring (bicyclic) bond motifs is 1. The molecule has 0 amide bonds. The fourth-order valence-electron chi connectivity index (χ4n) is 1.87. The van der Waals surface area contributed by atoms with Gasteiger partial charge in [0.1, 0.15) is 11.3 Å². The molecule has 1 aromatic heterocycles. The van der Waals surface area contributed by atoms with Gasteiger partial charge in [-0.3, -0.25) is 0 Å². The van der Waals surface area contributed by atoms with Crippen LogP contribution in [-0.4, -0.2) is 19.2 Å². The van der Waals surface area contributed by atoms with Crippen LogP contribution in [0.25, 0.3) is 17.0 Å². The first-order valence-corrected chi connectivity index (χ1v) is 7.18. The molecule has 0 saturated carbocycles. The summed E-state index contributed by atoms with van der Waals surface area (Å²) in [5, 5.41) is 1.02. The zero-order chi connectivity index (χ0) is 16.1. The lowest BCUT2D eigenvalue weighted by molar-refractivity contribution is -0.137. The van der Waals surface area contributed by atoms with Crippen molar-refractivity contribution in [2.24, 2.45) is 0 Å². The third-order valence-corrected chi connectivity index (χ3v) is 3.09. The molecule has 1 aromatic carbocycles. The molecule has 0 aliphatic rings. The van der Waals surface area contributed by atoms with E-state index in [2.05, 4.69) is 0 Å². The minimum Gasteiger partial charge on any atom is -0.492 e. The van der Waals surface area contributed by atoms with E-state index in [4.69, 9.17) is 25.5 Å². The van der Waals surface area contributed by atoms with Crippen molar-refractivity contribution in [2.75, 3.05) is 13.2 Å². The van der Waals surface area contributed by atoms with Crippen molar-refractivity contribution in [1.29, 1.82) is 0 Å². The summed E-state index contributed by atoms with van der Waals surface area (Å²) >= 11 is 6.05. The normalized spacial score (nSPS) is 11.0. The molecule has 2 rings (SSSR count). The van der Waals surface area contributed by atoms with Crippen molar-refractivity contribution >= 4 is 34.6 Å². The van der Waals surface area contributed by atoms with Crippen LogP contribution in [0.4, 0.5) is 0 Å². The van der Waals surface area contributed by atoms with E-state index in [9.17, 15) is 9.59 Å². The van der Waals surface area contributed by atoms with Gasteiger partial charge in [-0.2, -0.15) is 0 Å². The molecular formula is C16H15ClO5. The van der Waals surface area contributed by atoms with Crippen LogP contribution in [0.2, 0.25) is 5.02 Å². The van der Waals surface area contributed by atoms with Crippen LogP contribution in [0.15, 0.2) is 33.5 Å². The van der Waals surface area contributed by atoms with Crippen molar-refractivity contribution in [3.8, 4) is 5.75 Å². The Kier molecular flexibility index (Phi) is 5.22. The summed E-state index contributed by atoms with van der Waals surface area (Å²) < 4.78 is 15.4. The van der Waals surface area contributed by atoms with E-state index < -0.39 is 11.6 Å². The minimum absolute atomic E-state index is 0.241. The van der Waals surface area contributed by atoms with Gasteiger partial charge in [-0.05, 0) is 32.1 Å². The quantitative estimate of drug-likeness (QED) is 0.479. The van der Waals surface area contributed by atoms with Crippen LogP contribution >= 0.6 is 11.6 Å². The summed E-state index contributed by atoms with van der Waals surface area (Å²) in [5.74, 6) is -0.0149. The highest BCUT2D eigenvalue weighted by molar-refractivity contribution is 6.32. The first-order valence-electron chi connectivity index (χ1n) is 6.80. The van der Waals surface area contributed by atoms with E-state index in [0.29, 0.717) is 28.3 Å². The lowest BCUT2D eigenvalue weighted by Gasteiger charge is -2.07. The molecule has 0 radical (unpaired) electrons. The molecule has 22 heavy (non-hydrogen) atoms. The van der Waals surface area contributed by atoms with Crippen LogP contribution in [0.5, 0.6) is 5.75 Å². The fraction of sp³-hybridized carbons (Fsp3) is 0.250. The largest absolute Gasteiger partial charge is 0.492 e. The van der Waals surface area contributed by atoms with Crippen molar-refractivity contribution < 1.29 is 18.7 Å². The summed E-state index contributed by atoms with van der Waals surface area (Å²) in [4.78, 5) is 23.2. The van der Waals surface area contributed by atoms with Crippen molar-refractivity contribution in [3.05, 3.63) is 45.3 Å². The Morgan fingerprint density at radius 2 is 2.05 bits per heavy atom. The Bertz CT molecular complexity index is 776. The Morgan fingerprint density at radius 3 is 2.73 bits per heavy atom. The Morgan fingerprint density at radius 1 is 1.27 bits per heavy atom. The third kappa shape index (κ3) is 3.68. The Labute approximate surface area is 132 Å². The number of ether oxygens (including phenoxy) is 2. The van der Waals surface area contributed by atoms with Crippen LogP contribution in [0.3, 0.4) is 0 Å². The summed E-state index contributed by atoms with van der Waals surface area (Å²) in [6.45, 7) is 4.29. The van der Waals surface area contributed by atoms with Crippen molar-refractivity contribution in [2.45, 2.75) is 13.8 Å². The van der Waals surface area contributed by atoms with Gasteiger partial charge in [-0.25, -0.2) is 9.59 Å². The van der Waals surface area contributed by atoms with E-state index in [1.807, 2.05) is 6.92 Å². The van der Waals surface area contributed by atoms with Crippen molar-refractivity contribution in [3.63, 3.8) is 0 Å². The SMILES string of the molecule is CCOC(=O)/C=C/c1cc2cc(OCC)c(Cl)cc2oc1=O. The Balaban J connectivity index is 2.44. The molecule has 0 bridgehead atoms. The van der Waals surface area contributed by atoms with Gasteiger partial charge in [0.25, 0.3) is 0 Å². The number of carbonyl (C=O) groups is 1. The monoisotopic (exact) mass is 322 g/mol. The zero-order valence-corrected chi connectivity index (χ0v) is 13.0. The molecule has 0 fully saturated rings. The molecule has 1 heterocycles. The highest BCUT2D eigenvalue weighted by Crippen LogP contribution is 2.30. The topological polar surface area (TPSA) is 65.7 Å². The lowest BCUT2D eigenvalue weighted by atomic mass is 10.1. The molecule has 0 aliphatic carbocycles. The first-order chi connectivity index (χ1) is 10.5. The van der Waals surface area contributed by atoms with Gasteiger partial charge in [0, 0.05) is 17.5 Å². The molecule has 0 saturated heterocycles. The molecule has 116 valence electrons. The van der Waals surface area contributed by atoms with Gasteiger partial charge in [0.15, 0.2) is 0 Å². The number of benzene rings is 1. The van der Waals surface area contributed by atoms with Gasteiger partial charge in [-0.15, -0.1) is 0 Å². The second kappa shape index (κ2) is 7.13. The first kappa shape index (κ1) is 16.1. The molecular weight excluding hydrogens is 308 g/mol. The van der Waals surface area contributed by atoms with Crippen molar-refractivity contribution in [1.82, 2.24) is 0 Å². The number of hydrogen-bond acceptors (Lipinski definition) is 5. The van der Waals surface area contributed by atoms with E-state index in [-0.39, 0.29) is 12.2 Å².